The summed E-state index contributed by atoms with van der Waals surface area (Å²) in [6, 6.07) is 6.11. The van der Waals surface area contributed by atoms with Gasteiger partial charge in [-0.15, -0.1) is 35.7 Å². The van der Waals surface area contributed by atoms with Gasteiger partial charge in [0.25, 0.3) is 0 Å². The van der Waals surface area contributed by atoms with E-state index in [9.17, 15) is 0 Å². The van der Waals surface area contributed by atoms with Gasteiger partial charge in [-0.25, -0.2) is 0 Å². The third-order valence-electron chi connectivity index (χ3n) is 1.79. The molecule has 0 fully saturated rings. The van der Waals surface area contributed by atoms with E-state index in [1.54, 1.807) is 23.1 Å². The number of benzene rings is 1. The number of thioether (sulfide) groups is 1. The molecular weight excluding hydrogens is 240 g/mol. The van der Waals surface area contributed by atoms with E-state index in [0.29, 0.717) is 0 Å². The number of thiophene rings is 1. The molecule has 0 bridgehead atoms. The first-order valence-electron chi connectivity index (χ1n) is 3.67. The molecule has 1 aromatic carbocycles. The van der Waals surface area contributed by atoms with Crippen molar-refractivity contribution in [1.82, 2.24) is 0 Å². The second kappa shape index (κ2) is 3.73. The normalized spacial score (nSPS) is 11.0. The second-order valence-corrected chi connectivity index (χ2v) is 5.58. The average molecular weight is 247 g/mol. The molecule has 1 aromatic heterocycles. The fourth-order valence-corrected chi connectivity index (χ4v) is 3.80. The predicted molar refractivity (Wildman–Crippen MR) is 65.9 cm³/mol. The van der Waals surface area contributed by atoms with E-state index < -0.39 is 0 Å². The van der Waals surface area contributed by atoms with E-state index in [1.807, 2.05) is 12.3 Å². The van der Waals surface area contributed by atoms with Crippen LogP contribution in [0, 0.1) is 0 Å². The van der Waals surface area contributed by atoms with E-state index >= 15 is 0 Å². The van der Waals surface area contributed by atoms with Crippen molar-refractivity contribution >= 4 is 57.4 Å². The summed E-state index contributed by atoms with van der Waals surface area (Å²) in [6.45, 7) is 0. The molecule has 0 aliphatic carbocycles. The fourth-order valence-electron chi connectivity index (χ4n) is 1.22. The van der Waals surface area contributed by atoms with Crippen LogP contribution in [0.2, 0.25) is 4.34 Å². The summed E-state index contributed by atoms with van der Waals surface area (Å²) in [7, 11) is 0. The summed E-state index contributed by atoms with van der Waals surface area (Å²) in [4.78, 5) is 2.15. The lowest BCUT2D eigenvalue weighted by atomic mass is 10.3. The van der Waals surface area contributed by atoms with Crippen molar-refractivity contribution in [3.8, 4) is 0 Å². The Balaban J connectivity index is 2.80. The van der Waals surface area contributed by atoms with Crippen molar-refractivity contribution < 1.29 is 0 Å². The Labute approximate surface area is 95.7 Å². The van der Waals surface area contributed by atoms with Crippen LogP contribution >= 0.6 is 47.3 Å². The number of halogens is 1. The van der Waals surface area contributed by atoms with Crippen molar-refractivity contribution in [2.45, 2.75) is 9.79 Å². The lowest BCUT2D eigenvalue weighted by Gasteiger charge is -1.95. The van der Waals surface area contributed by atoms with Gasteiger partial charge in [0.05, 0.1) is 0 Å². The van der Waals surface area contributed by atoms with Gasteiger partial charge in [0.1, 0.15) is 4.34 Å². The first-order chi connectivity index (χ1) is 6.22. The van der Waals surface area contributed by atoms with Crippen LogP contribution in [0.5, 0.6) is 0 Å². The average Bonchev–Trinajstić information content (AvgIpc) is 2.40. The maximum Gasteiger partial charge on any atom is 0.108 e. The highest BCUT2D eigenvalue weighted by Gasteiger charge is 2.08. The Morgan fingerprint density at radius 1 is 1.46 bits per heavy atom. The molecule has 0 amide bonds. The van der Waals surface area contributed by atoms with Gasteiger partial charge in [-0.1, -0.05) is 11.6 Å². The highest BCUT2D eigenvalue weighted by Crippen LogP contribution is 2.41. The van der Waals surface area contributed by atoms with Crippen LogP contribution < -0.4 is 0 Å². The van der Waals surface area contributed by atoms with Gasteiger partial charge >= 0.3 is 0 Å². The van der Waals surface area contributed by atoms with Crippen molar-refractivity contribution in [2.75, 3.05) is 6.26 Å². The first kappa shape index (κ1) is 9.71. The first-order valence-corrected chi connectivity index (χ1v) is 6.54. The molecule has 2 rings (SSSR count). The highest BCUT2D eigenvalue weighted by molar-refractivity contribution is 7.99. The van der Waals surface area contributed by atoms with Gasteiger partial charge < -0.3 is 0 Å². The SMILES string of the molecule is CSc1c(Cl)sc2ccc(S)cc12. The Hall–Kier alpha value is 0.170. The maximum absolute atomic E-state index is 6.09. The molecule has 0 N–H and O–H groups in total. The van der Waals surface area contributed by atoms with Crippen LogP contribution in [0.1, 0.15) is 0 Å². The number of thiol groups is 1. The minimum absolute atomic E-state index is 0.876. The van der Waals surface area contributed by atoms with Crippen molar-refractivity contribution in [3.05, 3.63) is 22.5 Å². The zero-order valence-electron chi connectivity index (χ0n) is 6.87. The smallest absolute Gasteiger partial charge is 0.108 e. The van der Waals surface area contributed by atoms with E-state index in [1.165, 1.54) is 10.1 Å². The molecule has 0 atom stereocenters. The minimum Gasteiger partial charge on any atom is -0.143 e. The lowest BCUT2D eigenvalue weighted by molar-refractivity contribution is 1.51. The molecule has 2 aromatic rings. The molecule has 0 aliphatic heterocycles. The molecule has 4 heteroatoms. The van der Waals surface area contributed by atoms with Crippen LogP contribution in [0.25, 0.3) is 10.1 Å². The van der Waals surface area contributed by atoms with E-state index in [2.05, 4.69) is 24.8 Å². The van der Waals surface area contributed by atoms with Gasteiger partial charge in [0.2, 0.25) is 0 Å². The Kier molecular flexibility index (Phi) is 2.79. The summed E-state index contributed by atoms with van der Waals surface area (Å²) in [5.74, 6) is 0. The van der Waals surface area contributed by atoms with Crippen LogP contribution in [-0.4, -0.2) is 6.26 Å². The predicted octanol–water partition coefficient (Wildman–Crippen LogP) is 4.57. The second-order valence-electron chi connectivity index (χ2n) is 2.59. The molecule has 0 aliphatic rings. The maximum atomic E-state index is 6.09. The molecular formula is C9H7ClS3. The fraction of sp³-hybridized carbons (Fsp3) is 0.111. The van der Waals surface area contributed by atoms with Crippen molar-refractivity contribution in [1.29, 1.82) is 0 Å². The Morgan fingerprint density at radius 3 is 2.92 bits per heavy atom. The quantitative estimate of drug-likeness (QED) is 0.568. The molecule has 0 radical (unpaired) electrons. The van der Waals surface area contributed by atoms with Crippen molar-refractivity contribution in [2.24, 2.45) is 0 Å². The number of hydrogen-bond donors (Lipinski definition) is 1. The Morgan fingerprint density at radius 2 is 2.23 bits per heavy atom. The van der Waals surface area contributed by atoms with Crippen LogP contribution in [0.15, 0.2) is 28.0 Å². The molecule has 0 nitrogen and oxygen atoms in total. The number of rotatable bonds is 1. The number of fused-ring (bicyclic) bond motifs is 1. The summed E-state index contributed by atoms with van der Waals surface area (Å²) < 4.78 is 2.11. The van der Waals surface area contributed by atoms with Gasteiger partial charge in [0, 0.05) is 19.9 Å². The standard InChI is InChI=1S/C9H7ClS3/c1-12-8-6-4-5(11)2-3-7(6)13-9(8)10/h2-4,11H,1H3. The third kappa shape index (κ3) is 1.71. The monoisotopic (exact) mass is 246 g/mol. The lowest BCUT2D eigenvalue weighted by Crippen LogP contribution is -1.68. The van der Waals surface area contributed by atoms with Gasteiger partial charge in [0.15, 0.2) is 0 Å². The zero-order chi connectivity index (χ0) is 9.42. The minimum atomic E-state index is 0.876. The third-order valence-corrected chi connectivity index (χ3v) is 4.52. The van der Waals surface area contributed by atoms with Gasteiger partial charge in [-0.05, 0) is 24.5 Å². The zero-order valence-corrected chi connectivity index (χ0v) is 10.2. The van der Waals surface area contributed by atoms with Crippen LogP contribution in [0.3, 0.4) is 0 Å². The van der Waals surface area contributed by atoms with Gasteiger partial charge in [-0.3, -0.25) is 0 Å². The van der Waals surface area contributed by atoms with Crippen molar-refractivity contribution in [3.63, 3.8) is 0 Å². The summed E-state index contributed by atoms with van der Waals surface area (Å²) >= 11 is 13.7. The summed E-state index contributed by atoms with van der Waals surface area (Å²) in [5, 5.41) is 1.22. The highest BCUT2D eigenvalue weighted by atomic mass is 35.5. The largest absolute Gasteiger partial charge is 0.143 e. The summed E-state index contributed by atoms with van der Waals surface area (Å²) in [5.41, 5.74) is 0. The molecule has 0 saturated carbocycles. The van der Waals surface area contributed by atoms with Gasteiger partial charge in [-0.2, -0.15) is 0 Å². The van der Waals surface area contributed by atoms with E-state index in [4.69, 9.17) is 11.6 Å². The van der Waals surface area contributed by atoms with Crippen LogP contribution in [0.4, 0.5) is 0 Å². The molecule has 1 heterocycles. The molecule has 0 unspecified atom stereocenters. The molecule has 13 heavy (non-hydrogen) atoms. The Bertz CT molecular complexity index is 447. The van der Waals surface area contributed by atoms with E-state index in [0.717, 1.165) is 14.1 Å². The number of hydrogen-bond acceptors (Lipinski definition) is 3. The molecule has 0 saturated heterocycles. The topological polar surface area (TPSA) is 0 Å². The molecule has 0 spiro atoms. The molecule has 68 valence electrons. The summed E-state index contributed by atoms with van der Waals surface area (Å²) in [6.07, 6.45) is 2.04. The van der Waals surface area contributed by atoms with E-state index in [-0.39, 0.29) is 0 Å². The van der Waals surface area contributed by atoms with Crippen LogP contribution in [-0.2, 0) is 0 Å².